The number of carbonyl (C=O) groups is 1. The monoisotopic (exact) mass is 349 g/mol. The van der Waals surface area contributed by atoms with Crippen molar-refractivity contribution in [3.05, 3.63) is 46.4 Å². The minimum absolute atomic E-state index is 0.131. The molecule has 6 nitrogen and oxygen atoms in total. The van der Waals surface area contributed by atoms with E-state index >= 15 is 0 Å². The summed E-state index contributed by atoms with van der Waals surface area (Å²) in [4.78, 5) is 18.6. The molecule has 1 atom stereocenters. The van der Waals surface area contributed by atoms with Gasteiger partial charge in [-0.05, 0) is 24.6 Å². The van der Waals surface area contributed by atoms with Crippen molar-refractivity contribution in [3.63, 3.8) is 0 Å². The van der Waals surface area contributed by atoms with Crippen molar-refractivity contribution in [2.75, 3.05) is 27.4 Å². The summed E-state index contributed by atoms with van der Waals surface area (Å²) in [6, 6.07) is 7.41. The van der Waals surface area contributed by atoms with E-state index in [4.69, 9.17) is 9.47 Å². The van der Waals surface area contributed by atoms with Gasteiger partial charge in [0.05, 0.1) is 26.3 Å². The highest BCUT2D eigenvalue weighted by Gasteiger charge is 2.18. The number of urea groups is 1. The van der Waals surface area contributed by atoms with Crippen LogP contribution in [0.1, 0.15) is 23.5 Å². The molecule has 1 aromatic carbocycles. The minimum atomic E-state index is -0.141. The molecule has 2 amide bonds. The Morgan fingerprint density at radius 2 is 2.25 bits per heavy atom. The summed E-state index contributed by atoms with van der Waals surface area (Å²) in [7, 11) is 3.25. The highest BCUT2D eigenvalue weighted by Crippen LogP contribution is 2.19. The van der Waals surface area contributed by atoms with Crippen molar-refractivity contribution in [1.29, 1.82) is 0 Å². The quantitative estimate of drug-likeness (QED) is 0.795. The molecule has 1 aromatic heterocycles. The van der Waals surface area contributed by atoms with Gasteiger partial charge in [0, 0.05) is 25.2 Å². The molecule has 0 saturated carbocycles. The molecule has 0 aliphatic heterocycles. The van der Waals surface area contributed by atoms with Crippen LogP contribution in [0.5, 0.6) is 5.75 Å². The van der Waals surface area contributed by atoms with Crippen LogP contribution in [-0.2, 0) is 11.3 Å². The maximum atomic E-state index is 12.6. The smallest absolute Gasteiger partial charge is 0.318 e. The molecule has 130 valence electrons. The van der Waals surface area contributed by atoms with Crippen LogP contribution in [-0.4, -0.2) is 43.3 Å². The summed E-state index contributed by atoms with van der Waals surface area (Å²) < 4.78 is 10.3. The molecule has 0 spiro atoms. The number of methoxy groups -OCH3 is 2. The van der Waals surface area contributed by atoms with Gasteiger partial charge in [0.1, 0.15) is 10.8 Å². The van der Waals surface area contributed by atoms with E-state index in [1.54, 1.807) is 25.3 Å². The van der Waals surface area contributed by atoms with E-state index in [-0.39, 0.29) is 12.1 Å². The summed E-state index contributed by atoms with van der Waals surface area (Å²) in [6.45, 7) is 3.40. The number of benzene rings is 1. The van der Waals surface area contributed by atoms with Crippen LogP contribution in [0.4, 0.5) is 4.79 Å². The first-order chi connectivity index (χ1) is 11.6. The lowest BCUT2D eigenvalue weighted by Crippen LogP contribution is -2.42. The molecule has 24 heavy (non-hydrogen) atoms. The second kappa shape index (κ2) is 9.24. The zero-order valence-electron chi connectivity index (χ0n) is 14.2. The molecule has 2 rings (SSSR count). The van der Waals surface area contributed by atoms with Crippen molar-refractivity contribution in [1.82, 2.24) is 15.2 Å². The van der Waals surface area contributed by atoms with Crippen LogP contribution >= 0.6 is 11.3 Å². The first kappa shape index (κ1) is 18.2. The first-order valence-electron chi connectivity index (χ1n) is 7.70. The summed E-state index contributed by atoms with van der Waals surface area (Å²) in [5.74, 6) is 0.771. The summed E-state index contributed by atoms with van der Waals surface area (Å²) in [6.07, 6.45) is 1.74. The number of amides is 2. The van der Waals surface area contributed by atoms with Gasteiger partial charge in [-0.3, -0.25) is 0 Å². The Kier molecular flexibility index (Phi) is 7.02. The number of thiazole rings is 1. The molecule has 0 fully saturated rings. The molecule has 0 saturated heterocycles. The van der Waals surface area contributed by atoms with E-state index in [0.717, 1.165) is 16.3 Å². The Hall–Kier alpha value is -2.12. The zero-order valence-corrected chi connectivity index (χ0v) is 15.0. The molecule has 1 N–H and O–H groups in total. The average Bonchev–Trinajstić information content (AvgIpc) is 3.11. The van der Waals surface area contributed by atoms with Gasteiger partial charge < -0.3 is 19.7 Å². The number of hydrogen-bond donors (Lipinski definition) is 1. The van der Waals surface area contributed by atoms with E-state index in [1.165, 1.54) is 11.3 Å². The molecule has 0 radical (unpaired) electrons. The number of nitrogens with one attached hydrogen (secondary N) is 1. The van der Waals surface area contributed by atoms with Crippen molar-refractivity contribution in [2.24, 2.45) is 0 Å². The highest BCUT2D eigenvalue weighted by molar-refractivity contribution is 7.09. The zero-order chi connectivity index (χ0) is 17.4. The van der Waals surface area contributed by atoms with Crippen molar-refractivity contribution < 1.29 is 14.3 Å². The third-order valence-corrected chi connectivity index (χ3v) is 4.36. The largest absolute Gasteiger partial charge is 0.497 e. The fourth-order valence-corrected chi connectivity index (χ4v) is 2.85. The fraction of sp³-hybridized carbons (Fsp3) is 0.412. The van der Waals surface area contributed by atoms with Gasteiger partial charge in [-0.25, -0.2) is 9.78 Å². The molecule has 7 heteroatoms. The van der Waals surface area contributed by atoms with Gasteiger partial charge in [-0.1, -0.05) is 12.1 Å². The number of rotatable bonds is 8. The summed E-state index contributed by atoms with van der Waals surface area (Å²) in [5.41, 5.74) is 0.989. The summed E-state index contributed by atoms with van der Waals surface area (Å²) in [5, 5.41) is 5.82. The van der Waals surface area contributed by atoms with Crippen LogP contribution in [0.25, 0.3) is 0 Å². The van der Waals surface area contributed by atoms with Gasteiger partial charge in [0.15, 0.2) is 0 Å². The second-order valence-corrected chi connectivity index (χ2v) is 6.27. The van der Waals surface area contributed by atoms with Gasteiger partial charge in [-0.2, -0.15) is 0 Å². The Morgan fingerprint density at radius 1 is 1.42 bits per heavy atom. The third-order valence-electron chi connectivity index (χ3n) is 3.60. The van der Waals surface area contributed by atoms with Crippen LogP contribution in [0.3, 0.4) is 0 Å². The predicted octanol–water partition coefficient (Wildman–Crippen LogP) is 3.07. The molecular weight excluding hydrogens is 326 g/mol. The van der Waals surface area contributed by atoms with E-state index in [1.807, 2.05) is 36.6 Å². The van der Waals surface area contributed by atoms with Crippen LogP contribution in [0, 0.1) is 0 Å². The van der Waals surface area contributed by atoms with Gasteiger partial charge >= 0.3 is 6.03 Å². The van der Waals surface area contributed by atoms with Gasteiger partial charge in [-0.15, -0.1) is 11.3 Å². The van der Waals surface area contributed by atoms with Crippen LogP contribution in [0.15, 0.2) is 35.8 Å². The molecular formula is C17H23N3O3S. The maximum absolute atomic E-state index is 12.6. The number of hydrogen-bond acceptors (Lipinski definition) is 5. The number of aromatic nitrogens is 1. The second-order valence-electron chi connectivity index (χ2n) is 5.29. The van der Waals surface area contributed by atoms with E-state index in [0.29, 0.717) is 19.7 Å². The van der Waals surface area contributed by atoms with E-state index in [2.05, 4.69) is 10.3 Å². The molecule has 0 bridgehead atoms. The standard InChI is InChI=1S/C17H23N3O3S/c1-13(14-5-4-6-15(11-14)23-3)19-17(21)20(8-9-22-2)12-16-18-7-10-24-16/h4-7,10-11,13H,8-9,12H2,1-3H3,(H,19,21)/t13-/m0/s1. The normalized spacial score (nSPS) is 11.8. The topological polar surface area (TPSA) is 63.7 Å². The lowest BCUT2D eigenvalue weighted by Gasteiger charge is -2.24. The van der Waals surface area contributed by atoms with E-state index < -0.39 is 0 Å². The molecule has 0 unspecified atom stereocenters. The SMILES string of the molecule is COCCN(Cc1nccs1)C(=O)N[C@@H](C)c1cccc(OC)c1. The Labute approximate surface area is 146 Å². The van der Waals surface area contributed by atoms with Crippen molar-refractivity contribution in [2.45, 2.75) is 19.5 Å². The number of nitrogens with zero attached hydrogens (tertiary/aromatic N) is 2. The molecule has 0 aliphatic rings. The number of ether oxygens (including phenoxy) is 2. The van der Waals surface area contributed by atoms with Crippen LogP contribution < -0.4 is 10.1 Å². The predicted molar refractivity (Wildman–Crippen MR) is 94.3 cm³/mol. The van der Waals surface area contributed by atoms with Crippen molar-refractivity contribution >= 4 is 17.4 Å². The van der Waals surface area contributed by atoms with Crippen LogP contribution in [0.2, 0.25) is 0 Å². The maximum Gasteiger partial charge on any atom is 0.318 e. The lowest BCUT2D eigenvalue weighted by molar-refractivity contribution is 0.145. The van der Waals surface area contributed by atoms with E-state index in [9.17, 15) is 4.79 Å². The molecule has 0 aliphatic carbocycles. The molecule has 2 aromatic rings. The Bertz CT molecular complexity index is 634. The third kappa shape index (κ3) is 5.21. The van der Waals surface area contributed by atoms with Gasteiger partial charge in [0.25, 0.3) is 0 Å². The lowest BCUT2D eigenvalue weighted by atomic mass is 10.1. The molecule has 1 heterocycles. The Morgan fingerprint density at radius 3 is 2.92 bits per heavy atom. The highest BCUT2D eigenvalue weighted by atomic mass is 32.1. The van der Waals surface area contributed by atoms with Gasteiger partial charge in [0.2, 0.25) is 0 Å². The Balaban J connectivity index is 2.02. The fourth-order valence-electron chi connectivity index (χ4n) is 2.22. The minimum Gasteiger partial charge on any atom is -0.497 e. The summed E-state index contributed by atoms with van der Waals surface area (Å²) >= 11 is 1.53. The average molecular weight is 349 g/mol. The van der Waals surface area contributed by atoms with Crippen molar-refractivity contribution in [3.8, 4) is 5.75 Å². The number of carbonyl (C=O) groups excluding carboxylic acids is 1. The first-order valence-corrected chi connectivity index (χ1v) is 8.58.